The van der Waals surface area contributed by atoms with E-state index in [0.717, 1.165) is 12.1 Å². The predicted octanol–water partition coefficient (Wildman–Crippen LogP) is 1.68. The monoisotopic (exact) mass is 214 g/mol. The van der Waals surface area contributed by atoms with Crippen molar-refractivity contribution >= 4 is 5.91 Å². The number of benzene rings is 1. The summed E-state index contributed by atoms with van der Waals surface area (Å²) < 4.78 is 37.5. The highest BCUT2D eigenvalue weighted by Crippen LogP contribution is 2.34. The summed E-state index contributed by atoms with van der Waals surface area (Å²) in [6.07, 6.45) is -4.77. The molecular weight excluding hydrogens is 209 g/mol. The predicted molar refractivity (Wildman–Crippen MR) is 44.7 cm³/mol. The van der Waals surface area contributed by atoms with E-state index in [1.54, 1.807) is 0 Å². The second-order valence-corrected chi connectivity index (χ2v) is 2.70. The van der Waals surface area contributed by atoms with Crippen LogP contribution in [-0.4, -0.2) is 5.91 Å². The maximum absolute atomic E-state index is 12.5. The maximum atomic E-state index is 12.5. The molecule has 6 heteroatoms. The molecule has 1 aromatic rings. The molecule has 3 nitrogen and oxygen atoms in total. The van der Waals surface area contributed by atoms with Crippen molar-refractivity contribution in [1.29, 1.82) is 5.26 Å². The van der Waals surface area contributed by atoms with Crippen molar-refractivity contribution in [3.05, 3.63) is 34.9 Å². The number of halogens is 3. The second-order valence-electron chi connectivity index (χ2n) is 2.70. The van der Waals surface area contributed by atoms with Crippen LogP contribution in [0.4, 0.5) is 13.2 Å². The summed E-state index contributed by atoms with van der Waals surface area (Å²) in [5, 5.41) is 8.49. The Balaban J connectivity index is 3.57. The summed E-state index contributed by atoms with van der Waals surface area (Å²) in [6.45, 7) is 0. The number of rotatable bonds is 1. The van der Waals surface area contributed by atoms with Crippen LogP contribution in [0.2, 0.25) is 0 Å². The molecule has 1 aromatic carbocycles. The Morgan fingerprint density at radius 2 is 2.00 bits per heavy atom. The van der Waals surface area contributed by atoms with E-state index in [-0.39, 0.29) is 0 Å². The molecule has 0 saturated carbocycles. The molecule has 0 aliphatic heterocycles. The summed E-state index contributed by atoms with van der Waals surface area (Å²) in [6, 6.07) is 4.46. The number of primary amides is 1. The van der Waals surface area contributed by atoms with Crippen LogP contribution < -0.4 is 5.73 Å². The molecule has 78 valence electrons. The Labute approximate surface area is 82.9 Å². The SMILES string of the molecule is N#Cc1cccc(C(N)=O)c1C(F)(F)F. The molecule has 0 spiro atoms. The highest BCUT2D eigenvalue weighted by atomic mass is 19.4. The number of nitriles is 1. The van der Waals surface area contributed by atoms with Crippen molar-refractivity contribution in [1.82, 2.24) is 0 Å². The lowest BCUT2D eigenvalue weighted by atomic mass is 10.0. The molecule has 0 saturated heterocycles. The largest absolute Gasteiger partial charge is 0.418 e. The molecule has 0 heterocycles. The lowest BCUT2D eigenvalue weighted by molar-refractivity contribution is -0.138. The van der Waals surface area contributed by atoms with Crippen LogP contribution in [0.25, 0.3) is 0 Å². The molecule has 0 aliphatic rings. The van der Waals surface area contributed by atoms with Gasteiger partial charge in [0.15, 0.2) is 0 Å². The van der Waals surface area contributed by atoms with E-state index in [1.807, 2.05) is 0 Å². The zero-order valence-corrected chi connectivity index (χ0v) is 7.30. The van der Waals surface area contributed by atoms with Crippen LogP contribution in [0.1, 0.15) is 21.5 Å². The Bertz CT molecular complexity index is 446. The summed E-state index contributed by atoms with van der Waals surface area (Å²) in [7, 11) is 0. The average Bonchev–Trinajstić information content (AvgIpc) is 2.15. The molecule has 0 atom stereocenters. The van der Waals surface area contributed by atoms with E-state index in [9.17, 15) is 18.0 Å². The van der Waals surface area contributed by atoms with Gasteiger partial charge in [0.2, 0.25) is 5.91 Å². The maximum Gasteiger partial charge on any atom is 0.418 e. The topological polar surface area (TPSA) is 66.9 Å². The number of alkyl halides is 3. The quantitative estimate of drug-likeness (QED) is 0.772. The fourth-order valence-electron chi connectivity index (χ4n) is 1.16. The molecule has 1 amide bonds. The standard InChI is InChI=1S/C9H5F3N2O/c10-9(11,12)7-5(4-13)2-1-3-6(7)8(14)15/h1-3H,(H2,14,15). The lowest BCUT2D eigenvalue weighted by Gasteiger charge is -2.11. The first-order valence-electron chi connectivity index (χ1n) is 3.78. The summed E-state index contributed by atoms with van der Waals surface area (Å²) >= 11 is 0. The zero-order valence-electron chi connectivity index (χ0n) is 7.30. The van der Waals surface area contributed by atoms with Crippen molar-refractivity contribution in [2.45, 2.75) is 6.18 Å². The Morgan fingerprint density at radius 1 is 1.40 bits per heavy atom. The van der Waals surface area contributed by atoms with Crippen molar-refractivity contribution in [3.8, 4) is 6.07 Å². The number of nitrogens with two attached hydrogens (primary N) is 1. The molecule has 15 heavy (non-hydrogen) atoms. The second kappa shape index (κ2) is 3.61. The molecule has 0 unspecified atom stereocenters. The molecule has 1 rings (SSSR count). The van der Waals surface area contributed by atoms with Crippen LogP contribution in [0, 0.1) is 11.3 Å². The van der Waals surface area contributed by atoms with Gasteiger partial charge >= 0.3 is 6.18 Å². The van der Waals surface area contributed by atoms with Gasteiger partial charge in [-0.15, -0.1) is 0 Å². The third-order valence-corrected chi connectivity index (χ3v) is 1.73. The van der Waals surface area contributed by atoms with Crippen LogP contribution in [-0.2, 0) is 6.18 Å². The van der Waals surface area contributed by atoms with Gasteiger partial charge in [-0.2, -0.15) is 18.4 Å². The molecule has 0 aromatic heterocycles. The molecule has 2 N–H and O–H groups in total. The van der Waals surface area contributed by atoms with E-state index in [0.29, 0.717) is 0 Å². The minimum atomic E-state index is -4.77. The first-order valence-corrected chi connectivity index (χ1v) is 3.78. The smallest absolute Gasteiger partial charge is 0.366 e. The van der Waals surface area contributed by atoms with Gasteiger partial charge in [0.05, 0.1) is 22.8 Å². The highest BCUT2D eigenvalue weighted by molar-refractivity contribution is 5.95. The van der Waals surface area contributed by atoms with Gasteiger partial charge in [-0.3, -0.25) is 4.79 Å². The minimum absolute atomic E-state index is 0.612. The van der Waals surface area contributed by atoms with Crippen LogP contribution >= 0.6 is 0 Å². The van der Waals surface area contributed by atoms with Crippen molar-refractivity contribution in [2.24, 2.45) is 5.73 Å². The fraction of sp³-hybridized carbons (Fsp3) is 0.111. The van der Waals surface area contributed by atoms with Gasteiger partial charge in [0, 0.05) is 0 Å². The van der Waals surface area contributed by atoms with Crippen molar-refractivity contribution in [2.75, 3.05) is 0 Å². The molecule has 0 bridgehead atoms. The first kappa shape index (κ1) is 11.0. The van der Waals surface area contributed by atoms with Gasteiger partial charge in [-0.25, -0.2) is 0 Å². The number of amides is 1. The summed E-state index contributed by atoms with van der Waals surface area (Å²) in [5.41, 5.74) is 2.20. The third kappa shape index (κ3) is 2.07. The highest BCUT2D eigenvalue weighted by Gasteiger charge is 2.37. The molecule has 0 radical (unpaired) electrons. The van der Waals surface area contributed by atoms with Crippen LogP contribution in [0.5, 0.6) is 0 Å². The number of nitrogens with zero attached hydrogens (tertiary/aromatic N) is 1. The van der Waals surface area contributed by atoms with E-state index in [1.165, 1.54) is 12.1 Å². The van der Waals surface area contributed by atoms with Crippen LogP contribution in [0.15, 0.2) is 18.2 Å². The first-order chi connectivity index (χ1) is 6.88. The minimum Gasteiger partial charge on any atom is -0.366 e. The van der Waals surface area contributed by atoms with Gasteiger partial charge in [0.1, 0.15) is 0 Å². The summed E-state index contributed by atoms with van der Waals surface area (Å²) in [5.74, 6) is -1.21. The Morgan fingerprint density at radius 3 is 2.40 bits per heavy atom. The fourth-order valence-corrected chi connectivity index (χ4v) is 1.16. The van der Waals surface area contributed by atoms with Gasteiger partial charge in [-0.1, -0.05) is 6.07 Å². The number of hydrogen-bond donors (Lipinski definition) is 1. The van der Waals surface area contributed by atoms with Crippen LogP contribution in [0.3, 0.4) is 0 Å². The van der Waals surface area contributed by atoms with E-state index in [4.69, 9.17) is 11.0 Å². The van der Waals surface area contributed by atoms with E-state index in [2.05, 4.69) is 0 Å². The van der Waals surface area contributed by atoms with Crippen molar-refractivity contribution in [3.63, 3.8) is 0 Å². The summed E-state index contributed by atoms with van der Waals surface area (Å²) in [4.78, 5) is 10.7. The average molecular weight is 214 g/mol. The van der Waals surface area contributed by atoms with Gasteiger partial charge in [0.25, 0.3) is 0 Å². The van der Waals surface area contributed by atoms with E-state index >= 15 is 0 Å². The number of carbonyl (C=O) groups is 1. The molecule has 0 aliphatic carbocycles. The van der Waals surface area contributed by atoms with Gasteiger partial charge < -0.3 is 5.73 Å². The number of hydrogen-bond acceptors (Lipinski definition) is 2. The third-order valence-electron chi connectivity index (χ3n) is 1.73. The lowest BCUT2D eigenvalue weighted by Crippen LogP contribution is -2.20. The Kier molecular flexibility index (Phi) is 2.66. The Hall–Kier alpha value is -2.03. The normalized spacial score (nSPS) is 10.8. The molecular formula is C9H5F3N2O. The van der Waals surface area contributed by atoms with Gasteiger partial charge in [-0.05, 0) is 12.1 Å². The van der Waals surface area contributed by atoms with E-state index < -0.39 is 28.8 Å². The molecule has 0 fully saturated rings. The van der Waals surface area contributed by atoms with Crippen molar-refractivity contribution < 1.29 is 18.0 Å². The zero-order chi connectivity index (χ0) is 11.6. The number of carbonyl (C=O) groups excluding carboxylic acids is 1.